The molecule has 6 nitrogen and oxygen atoms in total. The number of rotatable bonds is 4. The van der Waals surface area contributed by atoms with Crippen LogP contribution in [0.3, 0.4) is 0 Å². The lowest BCUT2D eigenvalue weighted by Crippen LogP contribution is -2.38. The van der Waals surface area contributed by atoms with Crippen molar-refractivity contribution in [2.24, 2.45) is 0 Å². The third-order valence-electron chi connectivity index (χ3n) is 3.63. The molecular formula is C14H17N3O3S. The van der Waals surface area contributed by atoms with Crippen LogP contribution in [0.1, 0.15) is 17.0 Å². The Labute approximate surface area is 123 Å². The van der Waals surface area contributed by atoms with Gasteiger partial charge in [-0.2, -0.15) is 4.31 Å². The average molecular weight is 307 g/mol. The van der Waals surface area contributed by atoms with Gasteiger partial charge in [0.25, 0.3) is 0 Å². The van der Waals surface area contributed by atoms with E-state index in [1.165, 1.54) is 4.31 Å². The standard InChI is InChI=1S/C14H17N3O3S/c18-10-12-2-1-3-13(8-12)11-21(19,20)17-7-6-16-5-4-15-14(16)9-17/h1-5,8,18H,6-7,9-11H2. The van der Waals surface area contributed by atoms with E-state index < -0.39 is 10.0 Å². The molecule has 0 atom stereocenters. The quantitative estimate of drug-likeness (QED) is 0.903. The molecule has 1 aliphatic rings. The maximum atomic E-state index is 12.5. The first kappa shape index (κ1) is 14.2. The maximum Gasteiger partial charge on any atom is 0.218 e. The number of hydrogen-bond donors (Lipinski definition) is 1. The van der Waals surface area contributed by atoms with Crippen molar-refractivity contribution in [1.82, 2.24) is 13.9 Å². The lowest BCUT2D eigenvalue weighted by atomic mass is 10.1. The number of imidazole rings is 1. The van der Waals surface area contributed by atoms with Crippen LogP contribution in [0, 0.1) is 0 Å². The van der Waals surface area contributed by atoms with Crippen molar-refractivity contribution in [3.8, 4) is 0 Å². The molecule has 0 saturated carbocycles. The van der Waals surface area contributed by atoms with Crippen LogP contribution in [0.4, 0.5) is 0 Å². The highest BCUT2D eigenvalue weighted by atomic mass is 32.2. The van der Waals surface area contributed by atoms with E-state index in [2.05, 4.69) is 4.98 Å². The number of aliphatic hydroxyl groups excluding tert-OH is 1. The Kier molecular flexibility index (Phi) is 3.79. The zero-order valence-electron chi connectivity index (χ0n) is 11.5. The Morgan fingerprint density at radius 1 is 1.24 bits per heavy atom. The lowest BCUT2D eigenvalue weighted by molar-refractivity contribution is 0.281. The Balaban J connectivity index is 1.78. The summed E-state index contributed by atoms with van der Waals surface area (Å²) in [5, 5.41) is 9.12. The smallest absolute Gasteiger partial charge is 0.218 e. The summed E-state index contributed by atoms with van der Waals surface area (Å²) in [6.07, 6.45) is 3.56. The number of fused-ring (bicyclic) bond motifs is 1. The van der Waals surface area contributed by atoms with Crippen LogP contribution < -0.4 is 0 Å². The second-order valence-corrected chi connectivity index (χ2v) is 7.07. The van der Waals surface area contributed by atoms with Crippen molar-refractivity contribution in [3.63, 3.8) is 0 Å². The van der Waals surface area contributed by atoms with Crippen molar-refractivity contribution in [2.75, 3.05) is 6.54 Å². The molecule has 1 aromatic heterocycles. The third-order valence-corrected chi connectivity index (χ3v) is 5.42. The molecule has 0 spiro atoms. The minimum atomic E-state index is -3.38. The number of benzene rings is 1. The molecule has 21 heavy (non-hydrogen) atoms. The highest BCUT2D eigenvalue weighted by molar-refractivity contribution is 7.88. The summed E-state index contributed by atoms with van der Waals surface area (Å²) < 4.78 is 28.5. The van der Waals surface area contributed by atoms with Crippen LogP contribution >= 0.6 is 0 Å². The minimum absolute atomic E-state index is 0.0540. The molecule has 0 fully saturated rings. The Bertz CT molecular complexity index is 739. The van der Waals surface area contributed by atoms with Crippen LogP contribution in [0.25, 0.3) is 0 Å². The molecule has 3 rings (SSSR count). The number of aromatic nitrogens is 2. The number of aliphatic hydroxyl groups is 1. The number of hydrogen-bond acceptors (Lipinski definition) is 4. The molecule has 0 unspecified atom stereocenters. The molecule has 1 aromatic carbocycles. The Hall–Kier alpha value is -1.70. The summed E-state index contributed by atoms with van der Waals surface area (Å²) in [5.74, 6) is 0.718. The Morgan fingerprint density at radius 3 is 2.86 bits per heavy atom. The number of nitrogens with zero attached hydrogens (tertiary/aromatic N) is 3. The van der Waals surface area contributed by atoms with Gasteiger partial charge in [-0.25, -0.2) is 13.4 Å². The van der Waals surface area contributed by atoms with E-state index in [1.54, 1.807) is 30.5 Å². The normalized spacial score (nSPS) is 15.9. The van der Waals surface area contributed by atoms with Crippen LogP contribution in [-0.2, 0) is 35.5 Å². The Morgan fingerprint density at radius 2 is 2.05 bits per heavy atom. The molecule has 1 aliphatic heterocycles. The first-order valence-electron chi connectivity index (χ1n) is 6.75. The van der Waals surface area contributed by atoms with Crippen LogP contribution in [0.2, 0.25) is 0 Å². The fourth-order valence-corrected chi connectivity index (χ4v) is 3.96. The molecule has 0 amide bonds. The van der Waals surface area contributed by atoms with Gasteiger partial charge in [-0.05, 0) is 11.1 Å². The summed E-state index contributed by atoms with van der Waals surface area (Å²) in [7, 11) is -3.38. The molecule has 0 aliphatic carbocycles. The van der Waals surface area contributed by atoms with E-state index in [0.717, 1.165) is 11.4 Å². The van der Waals surface area contributed by atoms with Crippen LogP contribution in [-0.4, -0.2) is 33.9 Å². The summed E-state index contributed by atoms with van der Waals surface area (Å²) in [4.78, 5) is 4.18. The topological polar surface area (TPSA) is 75.4 Å². The van der Waals surface area contributed by atoms with Gasteiger partial charge in [0.2, 0.25) is 10.0 Å². The lowest BCUT2D eigenvalue weighted by Gasteiger charge is -2.27. The first-order valence-corrected chi connectivity index (χ1v) is 8.36. The van der Waals surface area contributed by atoms with Crippen molar-refractivity contribution in [1.29, 1.82) is 0 Å². The molecule has 0 radical (unpaired) electrons. The highest BCUT2D eigenvalue weighted by Crippen LogP contribution is 2.18. The maximum absolute atomic E-state index is 12.5. The second-order valence-electron chi connectivity index (χ2n) is 5.10. The zero-order valence-corrected chi connectivity index (χ0v) is 12.3. The van der Waals surface area contributed by atoms with Crippen molar-refractivity contribution in [2.45, 2.75) is 25.4 Å². The van der Waals surface area contributed by atoms with Gasteiger partial charge in [0.15, 0.2) is 0 Å². The van der Waals surface area contributed by atoms with Gasteiger partial charge in [0.1, 0.15) is 5.82 Å². The number of sulfonamides is 1. The average Bonchev–Trinajstić information content (AvgIpc) is 2.94. The fourth-order valence-electron chi connectivity index (χ4n) is 2.51. The fraction of sp³-hybridized carbons (Fsp3) is 0.357. The largest absolute Gasteiger partial charge is 0.392 e. The predicted octanol–water partition coefficient (Wildman–Crippen LogP) is 0.721. The van der Waals surface area contributed by atoms with Crippen LogP contribution in [0.15, 0.2) is 36.7 Å². The molecule has 0 saturated heterocycles. The molecule has 2 heterocycles. The van der Waals surface area contributed by atoms with E-state index in [4.69, 9.17) is 5.11 Å². The van der Waals surface area contributed by atoms with Gasteiger partial charge < -0.3 is 9.67 Å². The van der Waals surface area contributed by atoms with Gasteiger partial charge in [0.05, 0.1) is 18.9 Å². The highest BCUT2D eigenvalue weighted by Gasteiger charge is 2.27. The third kappa shape index (κ3) is 2.99. The summed E-state index contributed by atoms with van der Waals surface area (Å²) in [5.41, 5.74) is 1.41. The van der Waals surface area contributed by atoms with E-state index in [-0.39, 0.29) is 12.4 Å². The van der Waals surface area contributed by atoms with Crippen molar-refractivity contribution < 1.29 is 13.5 Å². The van der Waals surface area contributed by atoms with Gasteiger partial charge in [-0.3, -0.25) is 0 Å². The molecule has 2 aromatic rings. The molecule has 112 valence electrons. The van der Waals surface area contributed by atoms with E-state index in [0.29, 0.717) is 25.2 Å². The van der Waals surface area contributed by atoms with Crippen LogP contribution in [0.5, 0.6) is 0 Å². The molecule has 0 bridgehead atoms. The molecule has 1 N–H and O–H groups in total. The van der Waals surface area contributed by atoms with Crippen molar-refractivity contribution in [3.05, 3.63) is 53.6 Å². The van der Waals surface area contributed by atoms with E-state index in [1.807, 2.05) is 10.8 Å². The zero-order chi connectivity index (χ0) is 14.9. The van der Waals surface area contributed by atoms with E-state index in [9.17, 15) is 8.42 Å². The predicted molar refractivity (Wildman–Crippen MR) is 77.6 cm³/mol. The van der Waals surface area contributed by atoms with Gasteiger partial charge in [-0.1, -0.05) is 24.3 Å². The second kappa shape index (κ2) is 5.59. The molecule has 7 heteroatoms. The first-order chi connectivity index (χ1) is 10.1. The van der Waals surface area contributed by atoms with Gasteiger partial charge >= 0.3 is 0 Å². The van der Waals surface area contributed by atoms with Gasteiger partial charge in [0, 0.05) is 25.5 Å². The minimum Gasteiger partial charge on any atom is -0.392 e. The summed E-state index contributed by atoms with van der Waals surface area (Å²) >= 11 is 0. The molecular weight excluding hydrogens is 290 g/mol. The summed E-state index contributed by atoms with van der Waals surface area (Å²) in [6, 6.07) is 7.02. The van der Waals surface area contributed by atoms with Gasteiger partial charge in [-0.15, -0.1) is 0 Å². The van der Waals surface area contributed by atoms with E-state index >= 15 is 0 Å². The summed E-state index contributed by atoms with van der Waals surface area (Å²) in [6.45, 7) is 1.32. The van der Waals surface area contributed by atoms with Crippen molar-refractivity contribution >= 4 is 10.0 Å². The SMILES string of the molecule is O=S(=O)(Cc1cccc(CO)c1)N1CCn2ccnc2C1. The monoisotopic (exact) mass is 307 g/mol.